The first-order valence-corrected chi connectivity index (χ1v) is 8.39. The van der Waals surface area contributed by atoms with Crippen LogP contribution in [0.25, 0.3) is 0 Å². The fraction of sp³-hybridized carbons (Fsp3) is 0.312. The van der Waals surface area contributed by atoms with E-state index in [1.807, 2.05) is 17.0 Å². The number of carbonyl (C=O) groups excluding carboxylic acids is 1. The molecule has 0 aliphatic carbocycles. The van der Waals surface area contributed by atoms with Crippen LogP contribution in [0, 0.1) is 6.92 Å². The summed E-state index contributed by atoms with van der Waals surface area (Å²) in [6.45, 7) is 2.98. The molecule has 0 radical (unpaired) electrons. The van der Waals surface area contributed by atoms with E-state index >= 15 is 0 Å². The van der Waals surface area contributed by atoms with Crippen LogP contribution < -0.4 is 0 Å². The molecule has 20 heavy (non-hydrogen) atoms. The van der Waals surface area contributed by atoms with Crippen LogP contribution in [-0.4, -0.2) is 17.4 Å². The Kier molecular flexibility index (Phi) is 3.94. The van der Waals surface area contributed by atoms with Gasteiger partial charge in [0.25, 0.3) is 5.91 Å². The summed E-state index contributed by atoms with van der Waals surface area (Å²) >= 11 is 4.94. The molecule has 0 spiro atoms. The second kappa shape index (κ2) is 5.70. The normalized spacial score (nSPS) is 18.5. The first-order chi connectivity index (χ1) is 9.66. The van der Waals surface area contributed by atoms with E-state index < -0.39 is 0 Å². The van der Waals surface area contributed by atoms with Gasteiger partial charge in [-0.05, 0) is 59.0 Å². The number of rotatable bonds is 2. The maximum Gasteiger partial charge on any atom is 0.264 e. The Bertz CT molecular complexity index is 637. The van der Waals surface area contributed by atoms with Gasteiger partial charge in [0.05, 0.1) is 14.7 Å². The van der Waals surface area contributed by atoms with Crippen molar-refractivity contribution in [3.8, 4) is 0 Å². The van der Waals surface area contributed by atoms with E-state index in [0.717, 1.165) is 28.0 Å². The highest BCUT2D eigenvalue weighted by Gasteiger charge is 2.31. The topological polar surface area (TPSA) is 20.3 Å². The second-order valence-electron chi connectivity index (χ2n) is 5.12. The number of hydrogen-bond donors (Lipinski definition) is 0. The summed E-state index contributed by atoms with van der Waals surface area (Å²) in [5.74, 6) is 0.159. The van der Waals surface area contributed by atoms with Crippen LogP contribution >= 0.6 is 27.3 Å². The van der Waals surface area contributed by atoms with Crippen molar-refractivity contribution in [2.45, 2.75) is 25.8 Å². The number of thiophene rings is 1. The standard InChI is InChI=1S/C16H16BrNOS/c1-11-5-2-3-6-12(11)13-7-4-10-18(13)16(19)14-8-9-15(17)20-14/h2-3,5-6,8-9,13H,4,7,10H2,1H3. The molecular weight excluding hydrogens is 334 g/mol. The average molecular weight is 350 g/mol. The molecule has 3 rings (SSSR count). The Hall–Kier alpha value is -1.13. The summed E-state index contributed by atoms with van der Waals surface area (Å²) in [5, 5.41) is 0. The molecule has 1 atom stereocenters. The number of carbonyl (C=O) groups is 1. The van der Waals surface area contributed by atoms with Crippen LogP contribution in [0.1, 0.15) is 39.7 Å². The van der Waals surface area contributed by atoms with Crippen LogP contribution in [0.15, 0.2) is 40.2 Å². The molecule has 1 saturated heterocycles. The molecule has 4 heteroatoms. The van der Waals surface area contributed by atoms with Gasteiger partial charge in [-0.2, -0.15) is 0 Å². The summed E-state index contributed by atoms with van der Waals surface area (Å²) in [4.78, 5) is 15.5. The summed E-state index contributed by atoms with van der Waals surface area (Å²) in [7, 11) is 0. The lowest BCUT2D eigenvalue weighted by Gasteiger charge is -2.25. The van der Waals surface area contributed by atoms with Crippen LogP contribution in [0.3, 0.4) is 0 Å². The molecule has 1 aromatic carbocycles. The van der Waals surface area contributed by atoms with E-state index in [4.69, 9.17) is 0 Å². The molecule has 2 heterocycles. The zero-order valence-corrected chi connectivity index (χ0v) is 13.7. The SMILES string of the molecule is Cc1ccccc1C1CCCN1C(=O)c1ccc(Br)s1. The molecule has 0 saturated carbocycles. The Morgan fingerprint density at radius 3 is 2.80 bits per heavy atom. The number of hydrogen-bond acceptors (Lipinski definition) is 2. The van der Waals surface area contributed by atoms with Gasteiger partial charge in [0.2, 0.25) is 0 Å². The number of halogens is 1. The smallest absolute Gasteiger partial charge is 0.264 e. The van der Waals surface area contributed by atoms with Crippen LogP contribution in [-0.2, 0) is 0 Å². The van der Waals surface area contributed by atoms with Crippen molar-refractivity contribution in [1.82, 2.24) is 4.90 Å². The third-order valence-electron chi connectivity index (χ3n) is 3.85. The van der Waals surface area contributed by atoms with Crippen molar-refractivity contribution >= 4 is 33.2 Å². The Morgan fingerprint density at radius 2 is 2.10 bits per heavy atom. The van der Waals surface area contributed by atoms with E-state index in [0.29, 0.717) is 0 Å². The van der Waals surface area contributed by atoms with Gasteiger partial charge in [0, 0.05) is 6.54 Å². The zero-order valence-electron chi connectivity index (χ0n) is 11.3. The van der Waals surface area contributed by atoms with Crippen LogP contribution in [0.4, 0.5) is 0 Å². The monoisotopic (exact) mass is 349 g/mol. The minimum atomic E-state index is 0.159. The van der Waals surface area contributed by atoms with Crippen LogP contribution in [0.2, 0.25) is 0 Å². The van der Waals surface area contributed by atoms with Gasteiger partial charge < -0.3 is 4.90 Å². The molecule has 104 valence electrons. The van der Waals surface area contributed by atoms with Gasteiger partial charge >= 0.3 is 0 Å². The van der Waals surface area contributed by atoms with Gasteiger partial charge in [-0.15, -0.1) is 11.3 Å². The van der Waals surface area contributed by atoms with Crippen LogP contribution in [0.5, 0.6) is 0 Å². The minimum absolute atomic E-state index is 0.159. The van der Waals surface area contributed by atoms with Gasteiger partial charge in [0.1, 0.15) is 0 Å². The molecule has 0 bridgehead atoms. The van der Waals surface area contributed by atoms with Crippen molar-refractivity contribution < 1.29 is 4.79 Å². The molecule has 0 N–H and O–H groups in total. The Labute approximate surface area is 131 Å². The fourth-order valence-electron chi connectivity index (χ4n) is 2.86. The maximum absolute atomic E-state index is 12.7. The highest BCUT2D eigenvalue weighted by Crippen LogP contribution is 2.36. The molecule has 1 unspecified atom stereocenters. The predicted molar refractivity (Wildman–Crippen MR) is 86.2 cm³/mol. The molecular formula is C16H16BrNOS. The quantitative estimate of drug-likeness (QED) is 0.762. The van der Waals surface area contributed by atoms with E-state index in [-0.39, 0.29) is 11.9 Å². The average Bonchev–Trinajstić information content (AvgIpc) is 3.07. The lowest BCUT2D eigenvalue weighted by molar-refractivity contribution is 0.0740. The van der Waals surface area contributed by atoms with E-state index in [1.54, 1.807) is 0 Å². The van der Waals surface area contributed by atoms with Gasteiger partial charge in [-0.25, -0.2) is 0 Å². The molecule has 1 aliphatic rings. The first kappa shape index (κ1) is 13.8. The number of benzene rings is 1. The zero-order chi connectivity index (χ0) is 14.1. The molecule has 2 nitrogen and oxygen atoms in total. The van der Waals surface area contributed by atoms with Crippen molar-refractivity contribution in [3.63, 3.8) is 0 Å². The van der Waals surface area contributed by atoms with Gasteiger partial charge in [-0.1, -0.05) is 24.3 Å². The third kappa shape index (κ3) is 2.54. The molecule has 1 fully saturated rings. The number of nitrogens with zero attached hydrogens (tertiary/aromatic N) is 1. The second-order valence-corrected chi connectivity index (χ2v) is 7.58. The molecule has 1 aromatic heterocycles. The molecule has 2 aromatic rings. The molecule has 1 aliphatic heterocycles. The third-order valence-corrected chi connectivity index (χ3v) is 5.46. The van der Waals surface area contributed by atoms with Gasteiger partial charge in [0.15, 0.2) is 0 Å². The first-order valence-electron chi connectivity index (χ1n) is 6.78. The lowest BCUT2D eigenvalue weighted by Crippen LogP contribution is -2.30. The maximum atomic E-state index is 12.7. The van der Waals surface area contributed by atoms with Crippen molar-refractivity contribution in [3.05, 3.63) is 56.2 Å². The minimum Gasteiger partial charge on any atom is -0.331 e. The lowest BCUT2D eigenvalue weighted by atomic mass is 9.99. The highest BCUT2D eigenvalue weighted by atomic mass is 79.9. The fourth-order valence-corrected chi connectivity index (χ4v) is 4.21. The predicted octanol–water partition coefficient (Wildman–Crippen LogP) is 4.80. The van der Waals surface area contributed by atoms with E-state index in [9.17, 15) is 4.79 Å². The summed E-state index contributed by atoms with van der Waals surface area (Å²) < 4.78 is 1.01. The summed E-state index contributed by atoms with van der Waals surface area (Å²) in [6, 6.07) is 12.5. The van der Waals surface area contributed by atoms with Crippen molar-refractivity contribution in [2.24, 2.45) is 0 Å². The summed E-state index contributed by atoms with van der Waals surface area (Å²) in [6.07, 6.45) is 2.14. The number of likely N-dealkylation sites (tertiary alicyclic amines) is 1. The Morgan fingerprint density at radius 1 is 1.30 bits per heavy atom. The van der Waals surface area contributed by atoms with E-state index in [1.165, 1.54) is 22.5 Å². The Balaban J connectivity index is 1.90. The van der Waals surface area contributed by atoms with Crippen molar-refractivity contribution in [1.29, 1.82) is 0 Å². The number of aryl methyl sites for hydroxylation is 1. The largest absolute Gasteiger partial charge is 0.331 e. The molecule has 1 amide bonds. The number of amides is 1. The summed E-state index contributed by atoms with van der Waals surface area (Å²) in [5.41, 5.74) is 2.55. The van der Waals surface area contributed by atoms with E-state index in [2.05, 4.69) is 47.1 Å². The van der Waals surface area contributed by atoms with Gasteiger partial charge in [-0.3, -0.25) is 4.79 Å². The highest BCUT2D eigenvalue weighted by molar-refractivity contribution is 9.11. The van der Waals surface area contributed by atoms with Crippen molar-refractivity contribution in [2.75, 3.05) is 6.54 Å².